The van der Waals surface area contributed by atoms with Gasteiger partial charge in [0.1, 0.15) is 23.8 Å². The molecule has 2 aromatic rings. The van der Waals surface area contributed by atoms with Crippen LogP contribution in [-0.2, 0) is 6.61 Å². The second-order valence-electron chi connectivity index (χ2n) is 4.69. The minimum Gasteiger partial charge on any atom is -0.486 e. The second kappa shape index (κ2) is 6.77. The fourth-order valence-corrected chi connectivity index (χ4v) is 2.21. The van der Waals surface area contributed by atoms with E-state index in [2.05, 4.69) is 24.3 Å². The molecule has 4 nitrogen and oxygen atoms in total. The molecule has 1 unspecified atom stereocenters. The van der Waals surface area contributed by atoms with E-state index in [9.17, 15) is 0 Å². The van der Waals surface area contributed by atoms with Gasteiger partial charge in [-0.1, -0.05) is 29.7 Å². The summed E-state index contributed by atoms with van der Waals surface area (Å²) in [7, 11) is 0. The number of nitrogens with zero attached hydrogens (tertiary/aromatic N) is 1. The van der Waals surface area contributed by atoms with Crippen LogP contribution in [0.2, 0.25) is 5.02 Å². The zero-order chi connectivity index (χ0) is 14.5. The normalized spacial score (nSPS) is 12.4. The van der Waals surface area contributed by atoms with Crippen LogP contribution in [0.5, 0.6) is 5.75 Å². The SMILES string of the molecule is CCNC(C)c1ccc(OCc2cc(C)on2)c(Cl)c1. The zero-order valence-electron chi connectivity index (χ0n) is 11.9. The molecule has 1 N–H and O–H groups in total. The van der Waals surface area contributed by atoms with Gasteiger partial charge in [-0.25, -0.2) is 0 Å². The number of hydrogen-bond donors (Lipinski definition) is 1. The van der Waals surface area contributed by atoms with Crippen molar-refractivity contribution in [2.24, 2.45) is 0 Å². The minimum absolute atomic E-state index is 0.268. The fourth-order valence-electron chi connectivity index (χ4n) is 1.97. The van der Waals surface area contributed by atoms with Crippen LogP contribution in [0.3, 0.4) is 0 Å². The Morgan fingerprint density at radius 1 is 1.40 bits per heavy atom. The highest BCUT2D eigenvalue weighted by Crippen LogP contribution is 2.28. The van der Waals surface area contributed by atoms with Gasteiger partial charge in [0.15, 0.2) is 0 Å². The zero-order valence-corrected chi connectivity index (χ0v) is 12.7. The molecule has 1 aromatic carbocycles. The van der Waals surface area contributed by atoms with E-state index in [0.717, 1.165) is 23.6 Å². The molecule has 0 aliphatic carbocycles. The summed E-state index contributed by atoms with van der Waals surface area (Å²) >= 11 is 6.25. The quantitative estimate of drug-likeness (QED) is 0.878. The van der Waals surface area contributed by atoms with E-state index in [1.807, 2.05) is 31.2 Å². The van der Waals surface area contributed by atoms with Crippen molar-refractivity contribution in [3.05, 3.63) is 46.3 Å². The number of benzene rings is 1. The largest absolute Gasteiger partial charge is 0.486 e. The standard InChI is InChI=1S/C15H19ClN2O2/c1-4-17-11(3)12-5-6-15(14(16)8-12)19-9-13-7-10(2)20-18-13/h5-8,11,17H,4,9H2,1-3H3. The van der Waals surface area contributed by atoms with Crippen LogP contribution in [0, 0.1) is 6.92 Å². The molecule has 0 radical (unpaired) electrons. The van der Waals surface area contributed by atoms with Gasteiger partial charge in [-0.05, 0) is 38.1 Å². The Kier molecular flexibility index (Phi) is 5.04. The van der Waals surface area contributed by atoms with Gasteiger partial charge in [0.25, 0.3) is 0 Å². The first-order valence-corrected chi connectivity index (χ1v) is 7.05. The molecule has 0 saturated carbocycles. The molecule has 1 aromatic heterocycles. The Labute approximate surface area is 124 Å². The molecule has 20 heavy (non-hydrogen) atoms. The van der Waals surface area contributed by atoms with Gasteiger partial charge in [-0.15, -0.1) is 0 Å². The Bertz CT molecular complexity index is 569. The van der Waals surface area contributed by atoms with E-state index in [1.54, 1.807) is 0 Å². The molecule has 0 fully saturated rings. The van der Waals surface area contributed by atoms with E-state index in [1.165, 1.54) is 0 Å². The van der Waals surface area contributed by atoms with E-state index < -0.39 is 0 Å². The maximum absolute atomic E-state index is 6.25. The summed E-state index contributed by atoms with van der Waals surface area (Å²) in [6.07, 6.45) is 0. The van der Waals surface area contributed by atoms with Crippen LogP contribution in [0.25, 0.3) is 0 Å². The minimum atomic E-state index is 0.268. The number of hydrogen-bond acceptors (Lipinski definition) is 4. The first-order valence-electron chi connectivity index (χ1n) is 6.68. The van der Waals surface area contributed by atoms with Crippen molar-refractivity contribution in [3.63, 3.8) is 0 Å². The smallest absolute Gasteiger partial charge is 0.138 e. The van der Waals surface area contributed by atoms with E-state index in [-0.39, 0.29) is 6.04 Å². The predicted octanol–water partition coefficient (Wildman–Crippen LogP) is 3.89. The number of ether oxygens (including phenoxy) is 1. The van der Waals surface area contributed by atoms with Crippen molar-refractivity contribution in [1.82, 2.24) is 10.5 Å². The van der Waals surface area contributed by atoms with Crippen molar-refractivity contribution in [2.45, 2.75) is 33.4 Å². The lowest BCUT2D eigenvalue weighted by atomic mass is 10.1. The third kappa shape index (κ3) is 3.74. The summed E-state index contributed by atoms with van der Waals surface area (Å²) in [5.74, 6) is 1.42. The predicted molar refractivity (Wildman–Crippen MR) is 79.1 cm³/mol. The lowest BCUT2D eigenvalue weighted by Gasteiger charge is -2.14. The summed E-state index contributed by atoms with van der Waals surface area (Å²) in [5.41, 5.74) is 1.89. The molecule has 0 bridgehead atoms. The highest BCUT2D eigenvalue weighted by atomic mass is 35.5. The van der Waals surface area contributed by atoms with Gasteiger partial charge in [0, 0.05) is 12.1 Å². The van der Waals surface area contributed by atoms with Crippen molar-refractivity contribution < 1.29 is 9.26 Å². The van der Waals surface area contributed by atoms with Crippen molar-refractivity contribution >= 4 is 11.6 Å². The third-order valence-corrected chi connectivity index (χ3v) is 3.31. The molecular weight excluding hydrogens is 276 g/mol. The summed E-state index contributed by atoms with van der Waals surface area (Å²) < 4.78 is 10.6. The van der Waals surface area contributed by atoms with E-state index >= 15 is 0 Å². The Hall–Kier alpha value is -1.52. The molecule has 2 rings (SSSR count). The number of aromatic nitrogens is 1. The second-order valence-corrected chi connectivity index (χ2v) is 5.09. The first kappa shape index (κ1) is 14.9. The van der Waals surface area contributed by atoms with Gasteiger partial charge >= 0.3 is 0 Å². The van der Waals surface area contributed by atoms with Crippen molar-refractivity contribution in [3.8, 4) is 5.75 Å². The topological polar surface area (TPSA) is 47.3 Å². The van der Waals surface area contributed by atoms with Crippen LogP contribution in [0.1, 0.15) is 36.9 Å². The molecule has 0 aliphatic rings. The van der Waals surface area contributed by atoms with Crippen LogP contribution in [0.4, 0.5) is 0 Å². The van der Waals surface area contributed by atoms with Crippen LogP contribution >= 0.6 is 11.6 Å². The highest BCUT2D eigenvalue weighted by molar-refractivity contribution is 6.32. The van der Waals surface area contributed by atoms with Crippen molar-refractivity contribution in [2.75, 3.05) is 6.54 Å². The Balaban J connectivity index is 2.02. The molecule has 0 aliphatic heterocycles. The average Bonchev–Trinajstić information content (AvgIpc) is 2.83. The molecule has 0 saturated heterocycles. The summed E-state index contributed by atoms with van der Waals surface area (Å²) in [6.45, 7) is 7.30. The van der Waals surface area contributed by atoms with Gasteiger partial charge in [0.2, 0.25) is 0 Å². The first-order chi connectivity index (χ1) is 9.60. The number of nitrogens with one attached hydrogen (secondary N) is 1. The van der Waals surface area contributed by atoms with Gasteiger partial charge in [0.05, 0.1) is 5.02 Å². The Morgan fingerprint density at radius 2 is 2.20 bits per heavy atom. The molecule has 108 valence electrons. The number of rotatable bonds is 6. The van der Waals surface area contributed by atoms with Crippen LogP contribution in [-0.4, -0.2) is 11.7 Å². The molecule has 0 amide bonds. The number of halogens is 1. The Morgan fingerprint density at radius 3 is 2.80 bits per heavy atom. The molecule has 5 heteroatoms. The average molecular weight is 295 g/mol. The molecule has 0 spiro atoms. The monoisotopic (exact) mass is 294 g/mol. The van der Waals surface area contributed by atoms with Gasteiger partial charge in [-0.2, -0.15) is 0 Å². The lowest BCUT2D eigenvalue weighted by Crippen LogP contribution is -2.17. The maximum Gasteiger partial charge on any atom is 0.138 e. The maximum atomic E-state index is 6.25. The third-order valence-electron chi connectivity index (χ3n) is 3.02. The van der Waals surface area contributed by atoms with Gasteiger partial charge in [-0.3, -0.25) is 0 Å². The van der Waals surface area contributed by atoms with Crippen molar-refractivity contribution in [1.29, 1.82) is 0 Å². The highest BCUT2D eigenvalue weighted by Gasteiger charge is 2.09. The fraction of sp³-hybridized carbons (Fsp3) is 0.400. The summed E-state index contributed by atoms with van der Waals surface area (Å²) in [4.78, 5) is 0. The van der Waals surface area contributed by atoms with Gasteiger partial charge < -0.3 is 14.6 Å². The molecule has 1 atom stereocenters. The van der Waals surface area contributed by atoms with Crippen LogP contribution < -0.4 is 10.1 Å². The summed E-state index contributed by atoms with van der Waals surface area (Å²) in [6, 6.07) is 7.94. The molecule has 1 heterocycles. The molecular formula is C15H19ClN2O2. The number of aryl methyl sites for hydroxylation is 1. The lowest BCUT2D eigenvalue weighted by molar-refractivity contribution is 0.288. The van der Waals surface area contributed by atoms with E-state index in [4.69, 9.17) is 20.9 Å². The summed E-state index contributed by atoms with van der Waals surface area (Å²) in [5, 5.41) is 7.83. The van der Waals surface area contributed by atoms with Crippen LogP contribution in [0.15, 0.2) is 28.8 Å². The van der Waals surface area contributed by atoms with E-state index in [0.29, 0.717) is 17.4 Å².